The molecule has 6 heteroatoms. The summed E-state index contributed by atoms with van der Waals surface area (Å²) in [5.41, 5.74) is 0.769. The van der Waals surface area contributed by atoms with Crippen molar-refractivity contribution in [2.24, 2.45) is 0 Å². The lowest BCUT2D eigenvalue weighted by Crippen LogP contribution is -2.04. The molecule has 0 aliphatic rings. The number of hydrogen-bond donors (Lipinski definition) is 0. The fourth-order valence-electron chi connectivity index (χ4n) is 1.53. The fraction of sp³-hybridized carbons (Fsp3) is 0.308. The number of ether oxygens (including phenoxy) is 2. The summed E-state index contributed by atoms with van der Waals surface area (Å²) < 4.78 is 14.9. The average molecular weight is 262 g/mol. The van der Waals surface area contributed by atoms with E-state index in [2.05, 4.69) is 14.9 Å². The van der Waals surface area contributed by atoms with Crippen LogP contribution in [0.4, 0.5) is 0 Å². The Hall–Kier alpha value is -2.37. The van der Waals surface area contributed by atoms with Gasteiger partial charge in [-0.1, -0.05) is 17.3 Å². The molecule has 0 fully saturated rings. The zero-order chi connectivity index (χ0) is 13.7. The Morgan fingerprint density at radius 2 is 2.26 bits per heavy atom. The third kappa shape index (κ3) is 3.31. The Morgan fingerprint density at radius 3 is 3.00 bits per heavy atom. The first kappa shape index (κ1) is 13.1. The van der Waals surface area contributed by atoms with Crippen LogP contribution in [0.25, 0.3) is 11.4 Å². The van der Waals surface area contributed by atoms with Gasteiger partial charge < -0.3 is 14.0 Å². The van der Waals surface area contributed by atoms with Gasteiger partial charge in [-0.25, -0.2) is 0 Å². The van der Waals surface area contributed by atoms with Gasteiger partial charge in [0.15, 0.2) is 0 Å². The summed E-state index contributed by atoms with van der Waals surface area (Å²) >= 11 is 0. The van der Waals surface area contributed by atoms with E-state index in [1.54, 1.807) is 0 Å². The molecule has 0 atom stereocenters. The maximum Gasteiger partial charge on any atom is 0.315 e. The number of carbonyl (C=O) groups is 1. The van der Waals surface area contributed by atoms with Crippen molar-refractivity contribution in [2.45, 2.75) is 13.3 Å². The molecule has 1 aromatic carbocycles. The van der Waals surface area contributed by atoms with Crippen LogP contribution in [0.15, 0.2) is 28.8 Å². The van der Waals surface area contributed by atoms with Crippen LogP contribution in [-0.2, 0) is 16.0 Å². The van der Waals surface area contributed by atoms with Crippen molar-refractivity contribution in [3.8, 4) is 17.1 Å². The number of rotatable bonds is 5. The number of methoxy groups -OCH3 is 1. The second-order valence-corrected chi connectivity index (χ2v) is 3.73. The van der Waals surface area contributed by atoms with Gasteiger partial charge in [0, 0.05) is 5.56 Å². The highest BCUT2D eigenvalue weighted by molar-refractivity contribution is 5.71. The maximum absolute atomic E-state index is 11.1. The van der Waals surface area contributed by atoms with E-state index in [1.165, 1.54) is 7.11 Å². The largest absolute Gasteiger partial charge is 0.494 e. The lowest BCUT2D eigenvalue weighted by Gasteiger charge is -2.02. The highest BCUT2D eigenvalue weighted by atomic mass is 16.5. The van der Waals surface area contributed by atoms with Crippen molar-refractivity contribution in [3.63, 3.8) is 0 Å². The number of aromatic nitrogens is 2. The second-order valence-electron chi connectivity index (χ2n) is 3.73. The van der Waals surface area contributed by atoms with Gasteiger partial charge in [0.2, 0.25) is 11.7 Å². The molecule has 0 saturated heterocycles. The first-order valence-corrected chi connectivity index (χ1v) is 5.85. The quantitative estimate of drug-likeness (QED) is 0.765. The molecule has 0 bridgehead atoms. The predicted molar refractivity (Wildman–Crippen MR) is 66.6 cm³/mol. The summed E-state index contributed by atoms with van der Waals surface area (Å²) in [6.07, 6.45) is -0.0331. The number of hydrogen-bond acceptors (Lipinski definition) is 6. The Balaban J connectivity index is 2.17. The van der Waals surface area contributed by atoms with Gasteiger partial charge >= 0.3 is 5.97 Å². The van der Waals surface area contributed by atoms with Crippen molar-refractivity contribution in [1.82, 2.24) is 10.1 Å². The van der Waals surface area contributed by atoms with E-state index >= 15 is 0 Å². The first-order valence-electron chi connectivity index (χ1n) is 5.85. The molecule has 0 N–H and O–H groups in total. The first-order chi connectivity index (χ1) is 9.22. The minimum atomic E-state index is -0.418. The summed E-state index contributed by atoms with van der Waals surface area (Å²) in [5, 5.41) is 3.83. The molecule has 0 spiro atoms. The standard InChI is InChI=1S/C13H14N2O4/c1-3-18-10-6-4-5-9(7-10)13-14-11(19-15-13)8-12(16)17-2/h4-7H,3,8H2,1-2H3. The van der Waals surface area contributed by atoms with Gasteiger partial charge in [-0.2, -0.15) is 4.98 Å². The fourth-order valence-corrected chi connectivity index (χ4v) is 1.53. The summed E-state index contributed by atoms with van der Waals surface area (Å²) in [6, 6.07) is 7.35. The van der Waals surface area contributed by atoms with Gasteiger partial charge in [-0.15, -0.1) is 0 Å². The minimum Gasteiger partial charge on any atom is -0.494 e. The van der Waals surface area contributed by atoms with E-state index in [0.717, 1.165) is 11.3 Å². The van der Waals surface area contributed by atoms with E-state index in [4.69, 9.17) is 9.26 Å². The third-order valence-electron chi connectivity index (χ3n) is 2.39. The molecule has 100 valence electrons. The molecule has 0 aliphatic heterocycles. The van der Waals surface area contributed by atoms with Crippen LogP contribution in [0.3, 0.4) is 0 Å². The van der Waals surface area contributed by atoms with Crippen molar-refractivity contribution < 1.29 is 18.8 Å². The van der Waals surface area contributed by atoms with Gasteiger partial charge in [0.25, 0.3) is 0 Å². The van der Waals surface area contributed by atoms with Gasteiger partial charge in [0.05, 0.1) is 13.7 Å². The highest BCUT2D eigenvalue weighted by Crippen LogP contribution is 2.21. The minimum absolute atomic E-state index is 0.0331. The molecular formula is C13H14N2O4. The smallest absolute Gasteiger partial charge is 0.315 e. The van der Waals surface area contributed by atoms with E-state index in [0.29, 0.717) is 12.4 Å². The molecule has 0 aliphatic carbocycles. The van der Waals surface area contributed by atoms with Gasteiger partial charge in [-0.05, 0) is 19.1 Å². The average Bonchev–Trinajstić information content (AvgIpc) is 2.88. The van der Waals surface area contributed by atoms with Crippen LogP contribution in [-0.4, -0.2) is 29.8 Å². The number of benzene rings is 1. The van der Waals surface area contributed by atoms with Crippen LogP contribution in [0.1, 0.15) is 12.8 Å². The van der Waals surface area contributed by atoms with E-state index in [9.17, 15) is 4.79 Å². The summed E-state index contributed by atoms with van der Waals surface area (Å²) in [5.74, 6) is 0.960. The Kier molecular flexibility index (Phi) is 4.12. The van der Waals surface area contributed by atoms with Crippen molar-refractivity contribution in [1.29, 1.82) is 0 Å². The molecule has 19 heavy (non-hydrogen) atoms. The maximum atomic E-state index is 11.1. The summed E-state index contributed by atoms with van der Waals surface area (Å²) in [7, 11) is 1.31. The van der Waals surface area contributed by atoms with Crippen molar-refractivity contribution in [3.05, 3.63) is 30.2 Å². The summed E-state index contributed by atoms with van der Waals surface area (Å²) in [4.78, 5) is 15.2. The molecular weight excluding hydrogens is 248 g/mol. The van der Waals surface area contributed by atoms with Crippen LogP contribution < -0.4 is 4.74 Å². The monoisotopic (exact) mass is 262 g/mol. The molecule has 1 aromatic heterocycles. The van der Waals surface area contributed by atoms with Gasteiger partial charge in [0.1, 0.15) is 12.2 Å². The van der Waals surface area contributed by atoms with E-state index < -0.39 is 5.97 Å². The zero-order valence-corrected chi connectivity index (χ0v) is 10.8. The number of esters is 1. The van der Waals surface area contributed by atoms with Crippen LogP contribution in [0.5, 0.6) is 5.75 Å². The van der Waals surface area contributed by atoms with Crippen LogP contribution in [0, 0.1) is 0 Å². The molecule has 0 amide bonds. The molecule has 2 aromatic rings. The van der Waals surface area contributed by atoms with Crippen molar-refractivity contribution in [2.75, 3.05) is 13.7 Å². The van der Waals surface area contributed by atoms with E-state index in [1.807, 2.05) is 31.2 Å². The van der Waals surface area contributed by atoms with Crippen LogP contribution >= 0.6 is 0 Å². The van der Waals surface area contributed by atoms with E-state index in [-0.39, 0.29) is 12.3 Å². The topological polar surface area (TPSA) is 74.5 Å². The second kappa shape index (κ2) is 5.99. The predicted octanol–water partition coefficient (Wildman–Crippen LogP) is 1.85. The number of nitrogens with zero attached hydrogens (tertiary/aromatic N) is 2. The lowest BCUT2D eigenvalue weighted by molar-refractivity contribution is -0.140. The molecule has 0 radical (unpaired) electrons. The highest BCUT2D eigenvalue weighted by Gasteiger charge is 2.13. The summed E-state index contributed by atoms with van der Waals surface area (Å²) in [6.45, 7) is 2.50. The Labute approximate surface area is 110 Å². The molecule has 0 unspecified atom stereocenters. The molecule has 0 saturated carbocycles. The van der Waals surface area contributed by atoms with Gasteiger partial charge in [-0.3, -0.25) is 4.79 Å². The molecule has 1 heterocycles. The molecule has 6 nitrogen and oxygen atoms in total. The normalized spacial score (nSPS) is 10.2. The Bertz CT molecular complexity index is 565. The van der Waals surface area contributed by atoms with Crippen molar-refractivity contribution >= 4 is 5.97 Å². The zero-order valence-electron chi connectivity index (χ0n) is 10.8. The SMILES string of the molecule is CCOc1cccc(-c2noc(CC(=O)OC)n2)c1. The number of carbonyl (C=O) groups excluding carboxylic acids is 1. The lowest BCUT2D eigenvalue weighted by atomic mass is 10.2. The third-order valence-corrected chi connectivity index (χ3v) is 2.39. The van der Waals surface area contributed by atoms with Crippen LogP contribution in [0.2, 0.25) is 0 Å². The Morgan fingerprint density at radius 1 is 1.42 bits per heavy atom. The molecule has 2 rings (SSSR count).